The number of amides is 1. The van der Waals surface area contributed by atoms with Crippen molar-refractivity contribution < 1.29 is 4.79 Å². The van der Waals surface area contributed by atoms with Crippen LogP contribution in [-0.4, -0.2) is 14.7 Å². The molecule has 0 saturated carbocycles. The molecule has 1 fully saturated rings. The van der Waals surface area contributed by atoms with Gasteiger partial charge in [-0.1, -0.05) is 71.3 Å². The van der Waals surface area contributed by atoms with E-state index in [0.29, 0.717) is 0 Å². The second-order valence-corrected chi connectivity index (χ2v) is 6.10. The summed E-state index contributed by atoms with van der Waals surface area (Å²) in [5.41, 5.74) is -1.04. The summed E-state index contributed by atoms with van der Waals surface area (Å²) in [6.07, 6.45) is 6.83. The lowest BCUT2D eigenvalue weighted by molar-refractivity contribution is -0.121. The van der Waals surface area contributed by atoms with E-state index in [1.165, 1.54) is 0 Å². The van der Waals surface area contributed by atoms with Gasteiger partial charge in [0.25, 0.3) is 0 Å². The van der Waals surface area contributed by atoms with E-state index in [4.69, 9.17) is 47.0 Å². The van der Waals surface area contributed by atoms with Crippen LogP contribution >= 0.6 is 47.0 Å². The van der Waals surface area contributed by atoms with Gasteiger partial charge in [-0.05, 0) is 0 Å². The number of halogens is 3. The highest BCUT2D eigenvalue weighted by molar-refractivity contribution is 7.80. The van der Waals surface area contributed by atoms with Gasteiger partial charge in [0.1, 0.15) is 5.41 Å². The van der Waals surface area contributed by atoms with Gasteiger partial charge >= 0.3 is 0 Å². The second kappa shape index (κ2) is 3.45. The van der Waals surface area contributed by atoms with E-state index in [1.807, 2.05) is 0 Å². The Labute approximate surface area is 107 Å². The number of hydrogen-bond acceptors (Lipinski definition) is 2. The molecule has 0 aromatic rings. The van der Waals surface area contributed by atoms with Gasteiger partial charge in [-0.15, -0.1) is 0 Å². The molecule has 1 saturated heterocycles. The molecule has 2 rings (SSSR count). The first-order chi connectivity index (χ1) is 6.89. The predicted octanol–water partition coefficient (Wildman–Crippen LogP) is 2.54. The maximum absolute atomic E-state index is 11.6. The van der Waals surface area contributed by atoms with Gasteiger partial charge in [-0.3, -0.25) is 4.79 Å². The Kier molecular flexibility index (Phi) is 2.62. The summed E-state index contributed by atoms with van der Waals surface area (Å²) >= 11 is 22.9. The van der Waals surface area contributed by atoms with Gasteiger partial charge in [0, 0.05) is 0 Å². The fourth-order valence-corrected chi connectivity index (χ4v) is 3.28. The highest BCUT2D eigenvalue weighted by atomic mass is 35.6. The van der Waals surface area contributed by atoms with Crippen molar-refractivity contribution in [3.05, 3.63) is 24.3 Å². The first-order valence-corrected chi connectivity index (χ1v) is 5.72. The number of rotatable bonds is 0. The Morgan fingerprint density at radius 1 is 1.40 bits per heavy atom. The van der Waals surface area contributed by atoms with E-state index in [2.05, 4.69) is 5.32 Å². The van der Waals surface area contributed by atoms with Crippen LogP contribution in [0.4, 0.5) is 0 Å². The number of alkyl halides is 3. The summed E-state index contributed by atoms with van der Waals surface area (Å²) < 4.78 is -1.64. The van der Waals surface area contributed by atoms with E-state index in [0.717, 1.165) is 0 Å². The molecule has 1 aliphatic carbocycles. The third-order valence-corrected chi connectivity index (χ3v) is 4.01. The molecule has 2 aliphatic rings. The quantitative estimate of drug-likeness (QED) is 0.546. The molecule has 80 valence electrons. The summed E-state index contributed by atoms with van der Waals surface area (Å²) in [5, 5.41) is 2.54. The first kappa shape index (κ1) is 11.4. The van der Waals surface area contributed by atoms with E-state index in [1.54, 1.807) is 24.3 Å². The highest BCUT2D eigenvalue weighted by Gasteiger charge is 2.61. The van der Waals surface area contributed by atoms with Crippen molar-refractivity contribution in [1.82, 2.24) is 5.32 Å². The molecule has 1 aliphatic heterocycles. The van der Waals surface area contributed by atoms with E-state index in [9.17, 15) is 4.79 Å². The van der Waals surface area contributed by atoms with Crippen LogP contribution in [0, 0.1) is 11.3 Å². The van der Waals surface area contributed by atoms with Crippen LogP contribution < -0.4 is 5.32 Å². The molecule has 0 spiro atoms. The van der Waals surface area contributed by atoms with E-state index >= 15 is 0 Å². The normalized spacial score (nSPS) is 34.2. The molecule has 0 radical (unpaired) electrons. The van der Waals surface area contributed by atoms with Gasteiger partial charge in [-0.2, -0.15) is 0 Å². The minimum absolute atomic E-state index is 0.230. The Balaban J connectivity index is 2.60. The van der Waals surface area contributed by atoms with Crippen LogP contribution in [0.5, 0.6) is 0 Å². The van der Waals surface area contributed by atoms with Gasteiger partial charge in [0.2, 0.25) is 9.70 Å². The van der Waals surface area contributed by atoms with Crippen LogP contribution in [0.2, 0.25) is 0 Å². The molecule has 0 aromatic carbocycles. The first-order valence-electron chi connectivity index (χ1n) is 4.17. The number of carbonyl (C=O) groups excluding carboxylic acids is 1. The van der Waals surface area contributed by atoms with Crippen LogP contribution in [0.1, 0.15) is 0 Å². The predicted molar refractivity (Wildman–Crippen MR) is 65.2 cm³/mol. The standard InChI is InChI=1S/C9H6Cl3NOS/c10-9(11,12)8-4-2-1-3-5(8)6(14)13-7(8)15/h1-5H,(H,13,14,15). The lowest BCUT2D eigenvalue weighted by atomic mass is 9.76. The molecular weight excluding hydrogens is 277 g/mol. The minimum Gasteiger partial charge on any atom is -0.319 e. The van der Waals surface area contributed by atoms with E-state index in [-0.39, 0.29) is 10.9 Å². The molecule has 6 heteroatoms. The molecule has 1 amide bonds. The SMILES string of the molecule is O=C1NC(=S)C2(C(Cl)(Cl)Cl)C=CC=CC12. The van der Waals surface area contributed by atoms with Crippen molar-refractivity contribution in [3.63, 3.8) is 0 Å². The monoisotopic (exact) mass is 281 g/mol. The number of nitrogens with one attached hydrogen (secondary N) is 1. The summed E-state index contributed by atoms with van der Waals surface area (Å²) in [4.78, 5) is 11.9. The topological polar surface area (TPSA) is 29.1 Å². The van der Waals surface area contributed by atoms with Gasteiger partial charge in [0.05, 0.1) is 10.9 Å². The molecule has 15 heavy (non-hydrogen) atoms. The van der Waals surface area contributed by atoms with Crippen molar-refractivity contribution >= 4 is 57.9 Å². The van der Waals surface area contributed by atoms with Crippen molar-refractivity contribution in [2.24, 2.45) is 11.3 Å². The second-order valence-electron chi connectivity index (χ2n) is 3.41. The summed E-state index contributed by atoms with van der Waals surface area (Å²) in [6.45, 7) is 0. The summed E-state index contributed by atoms with van der Waals surface area (Å²) in [6, 6.07) is 0. The fraction of sp³-hybridized carbons (Fsp3) is 0.333. The Morgan fingerprint density at radius 3 is 2.60 bits per heavy atom. The molecule has 0 bridgehead atoms. The zero-order valence-corrected chi connectivity index (χ0v) is 10.4. The van der Waals surface area contributed by atoms with Gasteiger partial charge < -0.3 is 5.32 Å². The maximum atomic E-state index is 11.6. The molecule has 1 N–H and O–H groups in total. The van der Waals surface area contributed by atoms with Crippen LogP contribution in [0.25, 0.3) is 0 Å². The average Bonchev–Trinajstić information content (AvgIpc) is 2.40. The van der Waals surface area contributed by atoms with Crippen molar-refractivity contribution in [2.75, 3.05) is 0 Å². The number of fused-ring (bicyclic) bond motifs is 1. The van der Waals surface area contributed by atoms with Crippen LogP contribution in [0.15, 0.2) is 24.3 Å². The summed E-state index contributed by atoms with van der Waals surface area (Å²) in [5.74, 6) is -0.769. The number of carbonyl (C=O) groups is 1. The van der Waals surface area contributed by atoms with Crippen molar-refractivity contribution in [3.8, 4) is 0 Å². The van der Waals surface area contributed by atoms with Gasteiger partial charge in [-0.25, -0.2) is 0 Å². The maximum Gasteiger partial charge on any atom is 0.233 e. The third-order valence-electron chi connectivity index (χ3n) is 2.63. The fourth-order valence-electron chi connectivity index (χ4n) is 1.84. The Morgan fingerprint density at radius 2 is 2.07 bits per heavy atom. The molecule has 2 nitrogen and oxygen atoms in total. The van der Waals surface area contributed by atoms with Crippen molar-refractivity contribution in [1.29, 1.82) is 0 Å². The minimum atomic E-state index is -1.64. The number of thiocarbonyl (C=S) groups is 1. The molecule has 1 heterocycles. The molecular formula is C9H6Cl3NOS. The zero-order valence-electron chi connectivity index (χ0n) is 7.34. The Bertz CT molecular complexity index is 399. The van der Waals surface area contributed by atoms with Crippen molar-refractivity contribution in [2.45, 2.75) is 3.79 Å². The zero-order chi connectivity index (χ0) is 11.3. The molecule has 2 unspecified atom stereocenters. The molecule has 2 atom stereocenters. The smallest absolute Gasteiger partial charge is 0.233 e. The van der Waals surface area contributed by atoms with Crippen LogP contribution in [0.3, 0.4) is 0 Å². The summed E-state index contributed by atoms with van der Waals surface area (Å²) in [7, 11) is 0. The molecule has 0 aromatic heterocycles. The lowest BCUT2D eigenvalue weighted by Gasteiger charge is -2.36. The van der Waals surface area contributed by atoms with E-state index < -0.39 is 15.1 Å². The lowest BCUT2D eigenvalue weighted by Crippen LogP contribution is -2.44. The average molecular weight is 283 g/mol. The number of hydrogen-bond donors (Lipinski definition) is 1. The Hall–Kier alpha value is -0.0900. The van der Waals surface area contributed by atoms with Gasteiger partial charge in [0.15, 0.2) is 0 Å². The third kappa shape index (κ3) is 1.45. The number of allylic oxidation sites excluding steroid dienone is 2. The largest absolute Gasteiger partial charge is 0.319 e. The highest BCUT2D eigenvalue weighted by Crippen LogP contribution is 2.55. The van der Waals surface area contributed by atoms with Crippen LogP contribution in [-0.2, 0) is 4.79 Å².